The lowest BCUT2D eigenvalue weighted by Crippen LogP contribution is -2.03. The molecule has 0 aliphatic carbocycles. The fourth-order valence-electron chi connectivity index (χ4n) is 8.68. The molecule has 0 radical (unpaired) electrons. The van der Waals surface area contributed by atoms with Crippen molar-refractivity contribution in [2.24, 2.45) is 0 Å². The summed E-state index contributed by atoms with van der Waals surface area (Å²) in [6.45, 7) is 0. The Labute approximate surface area is 285 Å². The fourth-order valence-corrected chi connectivity index (χ4v) is 8.68. The van der Waals surface area contributed by atoms with Crippen LogP contribution in [0.1, 0.15) is 0 Å². The minimum atomic E-state index is 0.716. The number of aromatic nitrogens is 4. The minimum Gasteiger partial charge on any atom is -0.308 e. The zero-order valence-electron chi connectivity index (χ0n) is 26.8. The summed E-state index contributed by atoms with van der Waals surface area (Å²) in [4.78, 5) is 10.7. The molecule has 12 rings (SSSR count). The van der Waals surface area contributed by atoms with Crippen LogP contribution in [0, 0.1) is 0 Å². The van der Waals surface area contributed by atoms with Crippen LogP contribution in [0.15, 0.2) is 158 Å². The zero-order valence-corrected chi connectivity index (χ0v) is 26.8. The lowest BCUT2D eigenvalue weighted by atomic mass is 9.99. The van der Waals surface area contributed by atoms with Crippen LogP contribution in [-0.2, 0) is 0 Å². The van der Waals surface area contributed by atoms with E-state index >= 15 is 0 Å². The van der Waals surface area contributed by atoms with Crippen LogP contribution in [0.5, 0.6) is 0 Å². The van der Waals surface area contributed by atoms with Crippen LogP contribution in [0.25, 0.3) is 110 Å². The summed E-state index contributed by atoms with van der Waals surface area (Å²) in [6.07, 6.45) is 0. The average Bonchev–Trinajstić information content (AvgIpc) is 3.82. The van der Waals surface area contributed by atoms with Crippen LogP contribution < -0.4 is 0 Å². The maximum absolute atomic E-state index is 5.50. The first-order chi connectivity index (χ1) is 24.8. The molecule has 0 fully saturated rings. The first-order valence-electron chi connectivity index (χ1n) is 17.1. The maximum atomic E-state index is 5.50. The molecule has 0 unspecified atom stereocenters. The average molecular weight is 635 g/mol. The third kappa shape index (κ3) is 3.30. The molecule has 12 aromatic rings. The number of hydrogen-bond donors (Lipinski definition) is 0. The normalized spacial score (nSPS) is 12.4. The minimum absolute atomic E-state index is 0.716. The van der Waals surface area contributed by atoms with E-state index in [4.69, 9.17) is 9.97 Å². The lowest BCUT2D eigenvalue weighted by Gasteiger charge is -2.14. The molecule has 0 aliphatic rings. The van der Waals surface area contributed by atoms with Crippen molar-refractivity contribution in [1.29, 1.82) is 0 Å². The molecule has 4 nitrogen and oxygen atoms in total. The molecule has 4 aromatic heterocycles. The number of nitrogens with zero attached hydrogens (tertiary/aromatic N) is 4. The van der Waals surface area contributed by atoms with Gasteiger partial charge in [-0.05, 0) is 64.0 Å². The third-order valence-corrected chi connectivity index (χ3v) is 10.8. The lowest BCUT2D eigenvalue weighted by molar-refractivity contribution is 1.08. The molecule has 0 spiro atoms. The van der Waals surface area contributed by atoms with Crippen molar-refractivity contribution in [1.82, 2.24) is 18.9 Å². The molecule has 8 aromatic carbocycles. The highest BCUT2D eigenvalue weighted by Crippen LogP contribution is 2.48. The van der Waals surface area contributed by atoms with Gasteiger partial charge >= 0.3 is 0 Å². The number of para-hydroxylation sites is 3. The van der Waals surface area contributed by atoms with E-state index in [1.807, 2.05) is 0 Å². The van der Waals surface area contributed by atoms with Crippen molar-refractivity contribution in [3.8, 4) is 17.2 Å². The highest BCUT2D eigenvalue weighted by atomic mass is 15.1. The van der Waals surface area contributed by atoms with E-state index < -0.39 is 0 Å². The van der Waals surface area contributed by atoms with E-state index in [0.717, 1.165) is 27.8 Å². The smallest absolute Gasteiger partial charge is 0.162 e. The van der Waals surface area contributed by atoms with Crippen LogP contribution >= 0.6 is 0 Å². The van der Waals surface area contributed by atoms with Crippen LogP contribution in [0.4, 0.5) is 0 Å². The predicted molar refractivity (Wildman–Crippen MR) is 209 cm³/mol. The molecule has 0 bridgehead atoms. The van der Waals surface area contributed by atoms with Crippen molar-refractivity contribution in [2.75, 3.05) is 0 Å². The van der Waals surface area contributed by atoms with Gasteiger partial charge in [-0.1, -0.05) is 115 Å². The third-order valence-electron chi connectivity index (χ3n) is 10.8. The van der Waals surface area contributed by atoms with Gasteiger partial charge in [0.2, 0.25) is 0 Å². The van der Waals surface area contributed by atoms with Gasteiger partial charge in [0, 0.05) is 43.3 Å². The predicted octanol–water partition coefficient (Wildman–Crippen LogP) is 11.9. The summed E-state index contributed by atoms with van der Waals surface area (Å²) >= 11 is 0. The van der Waals surface area contributed by atoms with Crippen LogP contribution in [-0.4, -0.2) is 18.9 Å². The van der Waals surface area contributed by atoms with Gasteiger partial charge < -0.3 is 4.40 Å². The quantitative estimate of drug-likeness (QED) is 0.190. The molecule has 0 atom stereocenters. The number of hydrogen-bond acceptors (Lipinski definition) is 2. The molecular weight excluding hydrogens is 609 g/mol. The molecule has 0 amide bonds. The fraction of sp³-hybridized carbons (Fsp3) is 0. The Bertz CT molecular complexity index is 3380. The Morgan fingerprint density at radius 2 is 1.02 bits per heavy atom. The zero-order chi connectivity index (χ0) is 32.5. The Morgan fingerprint density at radius 1 is 0.380 bits per heavy atom. The van der Waals surface area contributed by atoms with Gasteiger partial charge in [-0.25, -0.2) is 9.97 Å². The standard InChI is InChI=1S/C46H26N4/c1-2-13-29-25-30(22-21-27(29)11-1)45-47-37-18-8-5-17-34(37)46(48-45)50-39-20-10-7-16-33(39)36-26-35-32-15-6-9-19-38(32)49-40-24-23-28-12-3-4-14-31(28)41(40)42(43(35)49)44(36)50/h1-26H. The van der Waals surface area contributed by atoms with Gasteiger partial charge in [-0.15, -0.1) is 0 Å². The molecule has 4 heterocycles. The van der Waals surface area contributed by atoms with Gasteiger partial charge in [0.15, 0.2) is 5.82 Å². The van der Waals surface area contributed by atoms with Gasteiger partial charge in [0.1, 0.15) is 5.82 Å². The molecule has 4 heteroatoms. The van der Waals surface area contributed by atoms with Crippen LogP contribution in [0.3, 0.4) is 0 Å². The largest absolute Gasteiger partial charge is 0.308 e. The monoisotopic (exact) mass is 634 g/mol. The summed E-state index contributed by atoms with van der Waals surface area (Å²) in [7, 11) is 0. The summed E-state index contributed by atoms with van der Waals surface area (Å²) in [5.41, 5.74) is 7.92. The summed E-state index contributed by atoms with van der Waals surface area (Å²) in [6, 6.07) is 56.8. The van der Waals surface area contributed by atoms with E-state index in [0.29, 0.717) is 5.82 Å². The van der Waals surface area contributed by atoms with Crippen molar-refractivity contribution in [2.45, 2.75) is 0 Å². The highest BCUT2D eigenvalue weighted by molar-refractivity contribution is 6.37. The molecule has 0 aliphatic heterocycles. The molecule has 0 saturated carbocycles. The molecule has 230 valence electrons. The SMILES string of the molecule is c1ccc2cc(-c3nc(-n4c5ccccc5c5cc6c7ccccc7n7c8ccc9ccccc9c8c(c54)c67)c4ccccc4n3)ccc2c1. The van der Waals surface area contributed by atoms with E-state index in [1.54, 1.807) is 0 Å². The Hall–Kier alpha value is -6.78. The number of rotatable bonds is 2. The number of fused-ring (bicyclic) bond motifs is 14. The Morgan fingerprint density at radius 3 is 1.88 bits per heavy atom. The van der Waals surface area contributed by atoms with E-state index in [2.05, 4.69) is 167 Å². The first kappa shape index (κ1) is 26.2. The molecule has 0 saturated heterocycles. The van der Waals surface area contributed by atoms with Gasteiger partial charge in [0.25, 0.3) is 0 Å². The van der Waals surface area contributed by atoms with Crippen molar-refractivity contribution in [3.05, 3.63) is 158 Å². The Balaban J connectivity index is 1.33. The Kier molecular flexibility index (Phi) is 4.94. The topological polar surface area (TPSA) is 35.1 Å². The molecular formula is C46H26N4. The van der Waals surface area contributed by atoms with Gasteiger partial charge in [0.05, 0.1) is 33.1 Å². The molecule has 50 heavy (non-hydrogen) atoms. The second kappa shape index (κ2) is 9.43. The second-order valence-electron chi connectivity index (χ2n) is 13.4. The van der Waals surface area contributed by atoms with E-state index in [1.165, 1.54) is 75.9 Å². The summed E-state index contributed by atoms with van der Waals surface area (Å²) < 4.78 is 4.91. The van der Waals surface area contributed by atoms with Crippen molar-refractivity contribution >= 4 is 92.3 Å². The van der Waals surface area contributed by atoms with Crippen molar-refractivity contribution in [3.63, 3.8) is 0 Å². The molecule has 0 N–H and O–H groups in total. The van der Waals surface area contributed by atoms with Gasteiger partial charge in [-0.2, -0.15) is 0 Å². The van der Waals surface area contributed by atoms with Crippen molar-refractivity contribution < 1.29 is 0 Å². The van der Waals surface area contributed by atoms with E-state index in [-0.39, 0.29) is 0 Å². The summed E-state index contributed by atoms with van der Waals surface area (Å²) in [5, 5.41) is 13.4. The summed E-state index contributed by atoms with van der Waals surface area (Å²) in [5.74, 6) is 1.60. The second-order valence-corrected chi connectivity index (χ2v) is 13.4. The number of benzene rings is 8. The first-order valence-corrected chi connectivity index (χ1v) is 17.1. The van der Waals surface area contributed by atoms with Gasteiger partial charge in [-0.3, -0.25) is 4.57 Å². The van der Waals surface area contributed by atoms with Crippen LogP contribution in [0.2, 0.25) is 0 Å². The maximum Gasteiger partial charge on any atom is 0.162 e. The van der Waals surface area contributed by atoms with E-state index in [9.17, 15) is 0 Å². The highest BCUT2D eigenvalue weighted by Gasteiger charge is 2.26.